The van der Waals surface area contributed by atoms with Crippen LogP contribution in [0.3, 0.4) is 0 Å². The summed E-state index contributed by atoms with van der Waals surface area (Å²) in [6, 6.07) is 21.6. The van der Waals surface area contributed by atoms with Gasteiger partial charge in [-0.1, -0.05) is 45.0 Å². The van der Waals surface area contributed by atoms with E-state index < -0.39 is 0 Å². The zero-order valence-corrected chi connectivity index (χ0v) is 19.1. The molecular formula is C26H19BO2S2. The van der Waals surface area contributed by atoms with Gasteiger partial charge in [-0.05, 0) is 47.4 Å². The lowest BCUT2D eigenvalue weighted by Crippen LogP contribution is -2.55. The highest BCUT2D eigenvalue weighted by Crippen LogP contribution is 2.44. The highest BCUT2D eigenvalue weighted by molar-refractivity contribution is 7.40. The van der Waals surface area contributed by atoms with Crippen molar-refractivity contribution in [1.29, 1.82) is 0 Å². The topological polar surface area (TPSA) is 18.5 Å². The predicted molar refractivity (Wildman–Crippen MR) is 134 cm³/mol. The van der Waals surface area contributed by atoms with E-state index in [1.54, 1.807) is 0 Å². The number of fused-ring (bicyclic) bond motifs is 8. The molecule has 5 aromatic rings. The number of rotatable bonds is 0. The molecular weight excluding hydrogens is 419 g/mol. The third-order valence-corrected chi connectivity index (χ3v) is 8.81. The highest BCUT2D eigenvalue weighted by Gasteiger charge is 2.44. The summed E-state index contributed by atoms with van der Waals surface area (Å²) in [7, 11) is 0. The Hall–Kier alpha value is -2.76. The molecule has 2 aromatic heterocycles. The predicted octanol–water partition coefficient (Wildman–Crippen LogP) is 6.14. The lowest BCUT2D eigenvalue weighted by atomic mass is 9.40. The van der Waals surface area contributed by atoms with Crippen molar-refractivity contribution in [3.05, 3.63) is 66.2 Å². The van der Waals surface area contributed by atoms with Crippen LogP contribution in [0.25, 0.3) is 20.2 Å². The molecule has 4 heterocycles. The fraction of sp³-hybridized carbons (Fsp3) is 0.154. The van der Waals surface area contributed by atoms with E-state index in [-0.39, 0.29) is 12.1 Å². The number of hydrogen-bond donors (Lipinski definition) is 0. The summed E-state index contributed by atoms with van der Waals surface area (Å²) in [6.45, 7) is 6.94. The first-order valence-corrected chi connectivity index (χ1v) is 12.2. The lowest BCUT2D eigenvalue weighted by molar-refractivity contribution is 0.471. The summed E-state index contributed by atoms with van der Waals surface area (Å²) in [5, 5.41) is 2.42. The van der Waals surface area contributed by atoms with E-state index in [1.165, 1.54) is 35.3 Å². The first-order chi connectivity index (χ1) is 15.0. The van der Waals surface area contributed by atoms with Crippen molar-refractivity contribution >= 4 is 64.6 Å². The average molecular weight is 438 g/mol. The number of benzene rings is 3. The van der Waals surface area contributed by atoms with Gasteiger partial charge in [0.1, 0.15) is 23.0 Å². The van der Waals surface area contributed by atoms with Crippen LogP contribution in [0.5, 0.6) is 23.0 Å². The quantitative estimate of drug-likeness (QED) is 0.265. The van der Waals surface area contributed by atoms with E-state index in [1.807, 2.05) is 28.7 Å². The van der Waals surface area contributed by atoms with Gasteiger partial charge < -0.3 is 9.47 Å². The molecule has 0 unspecified atom stereocenters. The SMILES string of the molecule is CC(C)(C)c1ccc2sc3c(c2c1)Oc1cccc2c1B3c1sc3ccccc3c1O2. The molecule has 7 rings (SSSR count). The Morgan fingerprint density at radius 3 is 2.06 bits per heavy atom. The van der Waals surface area contributed by atoms with Crippen molar-refractivity contribution in [1.82, 2.24) is 0 Å². The van der Waals surface area contributed by atoms with Gasteiger partial charge in [-0.3, -0.25) is 0 Å². The molecule has 0 spiro atoms. The smallest absolute Gasteiger partial charge is 0.285 e. The Kier molecular flexibility index (Phi) is 3.42. The fourth-order valence-corrected chi connectivity index (χ4v) is 7.34. The van der Waals surface area contributed by atoms with Crippen LogP contribution in [-0.2, 0) is 5.41 Å². The van der Waals surface area contributed by atoms with Crippen molar-refractivity contribution < 1.29 is 9.47 Å². The second kappa shape index (κ2) is 5.93. The van der Waals surface area contributed by atoms with E-state index in [0.29, 0.717) is 0 Å². The summed E-state index contributed by atoms with van der Waals surface area (Å²) < 4.78 is 18.2. The van der Waals surface area contributed by atoms with Crippen LogP contribution in [0.2, 0.25) is 0 Å². The largest absolute Gasteiger partial charge is 0.457 e. The van der Waals surface area contributed by atoms with Crippen molar-refractivity contribution in [3.8, 4) is 23.0 Å². The minimum Gasteiger partial charge on any atom is -0.457 e. The highest BCUT2D eigenvalue weighted by atomic mass is 32.1. The van der Waals surface area contributed by atoms with Crippen molar-refractivity contribution in [2.24, 2.45) is 0 Å². The van der Waals surface area contributed by atoms with Crippen molar-refractivity contribution in [3.63, 3.8) is 0 Å². The maximum absolute atomic E-state index is 6.57. The zero-order chi connectivity index (χ0) is 20.9. The van der Waals surface area contributed by atoms with Gasteiger partial charge in [-0.25, -0.2) is 0 Å². The zero-order valence-electron chi connectivity index (χ0n) is 17.5. The second-order valence-corrected chi connectivity index (χ2v) is 11.5. The van der Waals surface area contributed by atoms with Gasteiger partial charge in [0.2, 0.25) is 0 Å². The Morgan fingerprint density at radius 2 is 1.35 bits per heavy atom. The van der Waals surface area contributed by atoms with Crippen molar-refractivity contribution in [2.45, 2.75) is 26.2 Å². The summed E-state index contributed by atoms with van der Waals surface area (Å²) >= 11 is 3.70. The van der Waals surface area contributed by atoms with Gasteiger partial charge in [0.25, 0.3) is 6.71 Å². The van der Waals surface area contributed by atoms with E-state index in [9.17, 15) is 0 Å². The third kappa shape index (κ3) is 2.39. The molecule has 5 heteroatoms. The summed E-state index contributed by atoms with van der Waals surface area (Å²) in [5.74, 6) is 3.86. The normalized spacial score (nSPS) is 14.1. The maximum atomic E-state index is 6.57. The van der Waals surface area contributed by atoms with Crippen LogP contribution in [0, 0.1) is 0 Å². The maximum Gasteiger partial charge on any atom is 0.285 e. The van der Waals surface area contributed by atoms with E-state index in [2.05, 4.69) is 75.4 Å². The average Bonchev–Trinajstić information content (AvgIpc) is 3.31. The monoisotopic (exact) mass is 438 g/mol. The lowest BCUT2D eigenvalue weighted by Gasteiger charge is -2.29. The van der Waals surface area contributed by atoms with E-state index in [4.69, 9.17) is 9.47 Å². The molecule has 0 aliphatic carbocycles. The second-order valence-electron chi connectivity index (χ2n) is 9.35. The Balaban J connectivity index is 1.55. The summed E-state index contributed by atoms with van der Waals surface area (Å²) in [4.78, 5) is 0. The van der Waals surface area contributed by atoms with Crippen LogP contribution in [0.15, 0.2) is 60.7 Å². The molecule has 150 valence electrons. The van der Waals surface area contributed by atoms with Gasteiger partial charge in [0, 0.05) is 35.2 Å². The van der Waals surface area contributed by atoms with Gasteiger partial charge in [0.15, 0.2) is 0 Å². The molecule has 0 saturated carbocycles. The van der Waals surface area contributed by atoms with Gasteiger partial charge >= 0.3 is 0 Å². The molecule has 0 fully saturated rings. The minimum absolute atomic E-state index is 0.0973. The first kappa shape index (κ1) is 17.9. The summed E-state index contributed by atoms with van der Waals surface area (Å²) in [5.41, 5.74) is 2.59. The molecule has 0 atom stereocenters. The summed E-state index contributed by atoms with van der Waals surface area (Å²) in [6.07, 6.45) is 0. The minimum atomic E-state index is 0.0973. The van der Waals surface area contributed by atoms with E-state index in [0.717, 1.165) is 28.5 Å². The van der Waals surface area contributed by atoms with Crippen LogP contribution >= 0.6 is 22.7 Å². The Labute approximate surface area is 189 Å². The van der Waals surface area contributed by atoms with Crippen LogP contribution in [0.4, 0.5) is 0 Å². The molecule has 0 bridgehead atoms. The number of thiophene rings is 2. The standard InChI is InChI=1S/C26H19BO2S2/c1-26(2,3)14-11-12-20-16(13-14)23-25(31-20)27-21-17(8-6-9-18(21)29-23)28-22-15-7-4-5-10-19(15)30-24(22)27/h4-13H,1-3H3. The molecule has 0 radical (unpaired) electrons. The fourth-order valence-electron chi connectivity index (χ4n) is 4.78. The Bertz CT molecular complexity index is 1540. The van der Waals surface area contributed by atoms with Gasteiger partial charge in [-0.2, -0.15) is 0 Å². The first-order valence-electron chi connectivity index (χ1n) is 10.6. The van der Waals surface area contributed by atoms with E-state index >= 15 is 0 Å². The van der Waals surface area contributed by atoms with Crippen LogP contribution < -0.4 is 24.5 Å². The molecule has 0 N–H and O–H groups in total. The van der Waals surface area contributed by atoms with Crippen LogP contribution in [0.1, 0.15) is 26.3 Å². The number of hydrogen-bond acceptors (Lipinski definition) is 4. The molecule has 2 aliphatic heterocycles. The molecule has 0 amide bonds. The van der Waals surface area contributed by atoms with Gasteiger partial charge in [-0.15, -0.1) is 22.7 Å². The molecule has 0 saturated heterocycles. The Morgan fingerprint density at radius 1 is 0.710 bits per heavy atom. The van der Waals surface area contributed by atoms with Crippen LogP contribution in [-0.4, -0.2) is 6.71 Å². The molecule has 2 nitrogen and oxygen atoms in total. The molecule has 31 heavy (non-hydrogen) atoms. The number of ether oxygens (including phenoxy) is 2. The third-order valence-electron chi connectivity index (χ3n) is 6.37. The molecule has 2 aliphatic rings. The van der Waals surface area contributed by atoms with Crippen molar-refractivity contribution in [2.75, 3.05) is 0 Å². The molecule has 3 aromatic carbocycles. The van der Waals surface area contributed by atoms with Gasteiger partial charge in [0.05, 0.1) is 0 Å².